The third kappa shape index (κ3) is 2.63. The number of benzene rings is 1. The summed E-state index contributed by atoms with van der Waals surface area (Å²) in [6.07, 6.45) is 6.33. The van der Waals surface area contributed by atoms with E-state index in [1.807, 2.05) is 36.4 Å². The lowest BCUT2D eigenvalue weighted by molar-refractivity contribution is 0.450. The average molecular weight is 276 g/mol. The van der Waals surface area contributed by atoms with Crippen molar-refractivity contribution in [3.8, 4) is 11.9 Å². The van der Waals surface area contributed by atoms with Crippen LogP contribution in [0.15, 0.2) is 40.7 Å². The van der Waals surface area contributed by atoms with Crippen LogP contribution in [-0.2, 0) is 0 Å². The number of hydrogen-bond acceptors (Lipinski definition) is 3. The minimum atomic E-state index is -0.285. The predicted molar refractivity (Wildman–Crippen MR) is 80.7 cm³/mol. The second-order valence-electron chi connectivity index (χ2n) is 4.86. The van der Waals surface area contributed by atoms with E-state index in [1.165, 1.54) is 6.07 Å². The molecule has 1 aliphatic carbocycles. The summed E-state index contributed by atoms with van der Waals surface area (Å²) in [5.41, 5.74) is 2.28. The van der Waals surface area contributed by atoms with Crippen molar-refractivity contribution < 1.29 is 5.11 Å². The molecule has 102 valence electrons. The van der Waals surface area contributed by atoms with Crippen molar-refractivity contribution >= 4 is 18.2 Å². The van der Waals surface area contributed by atoms with E-state index in [2.05, 4.69) is 11.1 Å². The lowest BCUT2D eigenvalue weighted by Crippen LogP contribution is -2.41. The third-order valence-electron chi connectivity index (χ3n) is 3.34. The Labute approximate surface area is 120 Å². The summed E-state index contributed by atoms with van der Waals surface area (Å²) in [5.74, 6) is -0.142. The van der Waals surface area contributed by atoms with Crippen molar-refractivity contribution in [1.82, 2.24) is 4.98 Å². The van der Waals surface area contributed by atoms with E-state index in [9.17, 15) is 9.90 Å². The van der Waals surface area contributed by atoms with Crippen LogP contribution in [0.2, 0.25) is 0 Å². The molecule has 1 aromatic carbocycles. The number of aromatic amines is 1. The molecule has 0 amide bonds. The Hall–Kier alpha value is -3.06. The molecule has 0 unspecified atom stereocenters. The van der Waals surface area contributed by atoms with E-state index in [1.54, 1.807) is 6.07 Å². The predicted octanol–water partition coefficient (Wildman–Crippen LogP) is 1.00. The summed E-state index contributed by atoms with van der Waals surface area (Å²) in [6.45, 7) is 0. The monoisotopic (exact) mass is 276 g/mol. The second kappa shape index (κ2) is 5.14. The summed E-state index contributed by atoms with van der Waals surface area (Å²) < 4.78 is 0. The first-order valence-electron chi connectivity index (χ1n) is 6.51. The largest absolute Gasteiger partial charge is 0.494 e. The SMILES string of the molecule is N#Cc1cccc(C=C2C=c3cc(O)[nH]c(=O)c3=CC2)c1. The number of pyridine rings is 1. The van der Waals surface area contributed by atoms with Gasteiger partial charge in [0.05, 0.1) is 11.6 Å². The van der Waals surface area contributed by atoms with Crippen LogP contribution in [-0.4, -0.2) is 10.1 Å². The van der Waals surface area contributed by atoms with Crippen molar-refractivity contribution in [3.05, 3.63) is 67.8 Å². The molecule has 0 aliphatic heterocycles. The van der Waals surface area contributed by atoms with E-state index in [0.717, 1.165) is 11.1 Å². The van der Waals surface area contributed by atoms with Gasteiger partial charge in [0, 0.05) is 11.3 Å². The van der Waals surface area contributed by atoms with Crippen molar-refractivity contribution in [2.45, 2.75) is 6.42 Å². The van der Waals surface area contributed by atoms with Crippen LogP contribution >= 0.6 is 0 Å². The first kappa shape index (κ1) is 12.9. The van der Waals surface area contributed by atoms with E-state index in [0.29, 0.717) is 22.4 Å². The molecule has 1 heterocycles. The number of aromatic hydroxyl groups is 1. The quantitative estimate of drug-likeness (QED) is 0.815. The van der Waals surface area contributed by atoms with Gasteiger partial charge in [-0.05, 0) is 34.9 Å². The Bertz CT molecular complexity index is 960. The van der Waals surface area contributed by atoms with Crippen molar-refractivity contribution in [2.75, 3.05) is 0 Å². The summed E-state index contributed by atoms with van der Waals surface area (Å²) in [5, 5.41) is 19.7. The highest BCUT2D eigenvalue weighted by molar-refractivity contribution is 5.69. The fraction of sp³-hybridized carbons (Fsp3) is 0.0588. The molecule has 2 aromatic rings. The second-order valence-corrected chi connectivity index (χ2v) is 4.86. The molecule has 0 atom stereocenters. The van der Waals surface area contributed by atoms with Gasteiger partial charge >= 0.3 is 0 Å². The van der Waals surface area contributed by atoms with Crippen molar-refractivity contribution in [3.63, 3.8) is 0 Å². The van der Waals surface area contributed by atoms with Gasteiger partial charge in [0.25, 0.3) is 5.56 Å². The Morgan fingerprint density at radius 3 is 3.00 bits per heavy atom. The number of rotatable bonds is 1. The van der Waals surface area contributed by atoms with E-state index in [-0.39, 0.29) is 11.4 Å². The molecule has 0 radical (unpaired) electrons. The van der Waals surface area contributed by atoms with Crippen LogP contribution in [0, 0.1) is 11.3 Å². The normalized spacial score (nSPS) is 14.7. The van der Waals surface area contributed by atoms with Crippen molar-refractivity contribution in [2.24, 2.45) is 0 Å². The van der Waals surface area contributed by atoms with Gasteiger partial charge in [-0.1, -0.05) is 30.4 Å². The Kier molecular flexibility index (Phi) is 3.17. The number of H-pyrrole nitrogens is 1. The molecule has 0 saturated heterocycles. The van der Waals surface area contributed by atoms with Crippen LogP contribution in [0.4, 0.5) is 0 Å². The maximum atomic E-state index is 11.7. The minimum Gasteiger partial charge on any atom is -0.494 e. The maximum Gasteiger partial charge on any atom is 0.258 e. The number of nitrogens with zero attached hydrogens (tertiary/aromatic N) is 1. The first-order chi connectivity index (χ1) is 10.2. The number of hydrogen-bond donors (Lipinski definition) is 2. The molecule has 0 fully saturated rings. The van der Waals surface area contributed by atoms with Crippen LogP contribution in [0.3, 0.4) is 0 Å². The van der Waals surface area contributed by atoms with Crippen LogP contribution < -0.4 is 16.0 Å². The van der Waals surface area contributed by atoms with E-state index in [4.69, 9.17) is 5.26 Å². The molecule has 0 bridgehead atoms. The van der Waals surface area contributed by atoms with Gasteiger partial charge in [0.2, 0.25) is 0 Å². The topological polar surface area (TPSA) is 76.9 Å². The molecule has 1 aliphatic rings. The van der Waals surface area contributed by atoms with Crippen molar-refractivity contribution in [1.29, 1.82) is 5.26 Å². The fourth-order valence-corrected chi connectivity index (χ4v) is 2.40. The highest BCUT2D eigenvalue weighted by Gasteiger charge is 2.04. The molecular weight excluding hydrogens is 264 g/mol. The average Bonchev–Trinajstić information content (AvgIpc) is 2.47. The number of nitrogens with one attached hydrogen (secondary N) is 1. The lowest BCUT2D eigenvalue weighted by atomic mass is 10.0. The molecular formula is C17H12N2O2. The maximum absolute atomic E-state index is 11.7. The lowest BCUT2D eigenvalue weighted by Gasteiger charge is -2.05. The number of aromatic nitrogens is 1. The smallest absolute Gasteiger partial charge is 0.258 e. The summed E-state index contributed by atoms with van der Waals surface area (Å²) in [4.78, 5) is 14.1. The van der Waals surface area contributed by atoms with Crippen LogP contribution in [0.5, 0.6) is 5.88 Å². The minimum absolute atomic E-state index is 0.142. The zero-order valence-corrected chi connectivity index (χ0v) is 11.1. The highest BCUT2D eigenvalue weighted by Crippen LogP contribution is 2.14. The zero-order chi connectivity index (χ0) is 14.8. The summed E-state index contributed by atoms with van der Waals surface area (Å²) in [7, 11) is 0. The molecule has 0 saturated carbocycles. The summed E-state index contributed by atoms with van der Waals surface area (Å²) >= 11 is 0. The Balaban J connectivity index is 2.10. The number of allylic oxidation sites excluding steroid dienone is 1. The van der Waals surface area contributed by atoms with Gasteiger partial charge in [-0.2, -0.15) is 5.26 Å². The Morgan fingerprint density at radius 1 is 1.33 bits per heavy atom. The molecule has 4 heteroatoms. The van der Waals surface area contributed by atoms with Crippen LogP contribution in [0.1, 0.15) is 17.5 Å². The van der Waals surface area contributed by atoms with Gasteiger partial charge < -0.3 is 5.11 Å². The standard InChI is InChI=1S/C17H12N2O2/c18-10-13-3-1-2-11(7-13)6-12-4-5-15-14(8-12)9-16(20)19-17(15)21/h1-3,5-9,20H,4H2,(H,19,21). The summed E-state index contributed by atoms with van der Waals surface area (Å²) in [6, 6.07) is 11.0. The fourth-order valence-electron chi connectivity index (χ4n) is 2.40. The molecule has 1 aromatic heterocycles. The third-order valence-corrected chi connectivity index (χ3v) is 3.34. The molecule has 4 nitrogen and oxygen atoms in total. The van der Waals surface area contributed by atoms with Gasteiger partial charge in [0.15, 0.2) is 5.88 Å². The van der Waals surface area contributed by atoms with E-state index < -0.39 is 0 Å². The first-order valence-corrected chi connectivity index (χ1v) is 6.51. The van der Waals surface area contributed by atoms with Gasteiger partial charge in [-0.25, -0.2) is 0 Å². The van der Waals surface area contributed by atoms with Gasteiger partial charge in [-0.15, -0.1) is 0 Å². The molecule has 3 rings (SSSR count). The number of nitriles is 1. The molecule has 2 N–H and O–H groups in total. The van der Waals surface area contributed by atoms with Gasteiger partial charge in [-0.3, -0.25) is 9.78 Å². The number of fused-ring (bicyclic) bond motifs is 1. The highest BCUT2D eigenvalue weighted by atomic mass is 16.3. The Morgan fingerprint density at radius 2 is 2.19 bits per heavy atom. The molecule has 0 spiro atoms. The molecule has 21 heavy (non-hydrogen) atoms. The van der Waals surface area contributed by atoms with E-state index >= 15 is 0 Å². The van der Waals surface area contributed by atoms with Crippen LogP contribution in [0.25, 0.3) is 18.2 Å². The zero-order valence-electron chi connectivity index (χ0n) is 11.1. The van der Waals surface area contributed by atoms with Gasteiger partial charge in [0.1, 0.15) is 0 Å².